The molecule has 0 saturated heterocycles. The number of nitrogens with zero attached hydrogens (tertiary/aromatic N) is 2. The lowest BCUT2D eigenvalue weighted by molar-refractivity contribution is 0.0957. The summed E-state index contributed by atoms with van der Waals surface area (Å²) in [5.41, 5.74) is 2.27. The molecule has 0 radical (unpaired) electrons. The molecule has 144 valence electrons. The largest absolute Gasteiger partial charge is 0.351 e. The molecule has 2 heterocycles. The maximum absolute atomic E-state index is 12.5. The number of hydrogen-bond donors (Lipinski definition) is 2. The van der Waals surface area contributed by atoms with Gasteiger partial charge in [0.15, 0.2) is 0 Å². The van der Waals surface area contributed by atoms with Crippen molar-refractivity contribution in [2.24, 2.45) is 0 Å². The summed E-state index contributed by atoms with van der Waals surface area (Å²) < 4.78 is 1.99. The molecule has 2 aromatic heterocycles. The molecule has 0 atom stereocenters. The second-order valence-electron chi connectivity index (χ2n) is 7.84. The summed E-state index contributed by atoms with van der Waals surface area (Å²) in [6.07, 6.45) is 0.911. The molecule has 27 heavy (non-hydrogen) atoms. The zero-order valence-electron chi connectivity index (χ0n) is 16.5. The number of hydrogen-bond acceptors (Lipinski definition) is 4. The van der Waals surface area contributed by atoms with Crippen LogP contribution in [-0.2, 0) is 6.54 Å². The molecule has 1 aromatic carbocycles. The minimum Gasteiger partial charge on any atom is -0.351 e. The van der Waals surface area contributed by atoms with E-state index in [1.165, 1.54) is 16.9 Å². The van der Waals surface area contributed by atoms with Crippen molar-refractivity contribution in [1.29, 1.82) is 0 Å². The van der Waals surface area contributed by atoms with E-state index < -0.39 is 0 Å². The fourth-order valence-corrected chi connectivity index (χ4v) is 4.01. The van der Waals surface area contributed by atoms with Crippen LogP contribution in [0.4, 0.5) is 0 Å². The van der Waals surface area contributed by atoms with E-state index in [-0.39, 0.29) is 11.4 Å². The molecule has 0 saturated carbocycles. The third-order valence-electron chi connectivity index (χ3n) is 4.30. The molecule has 1 amide bonds. The third-order valence-corrected chi connectivity index (χ3v) is 5.45. The third kappa shape index (κ3) is 5.17. The molecule has 6 heteroatoms. The van der Waals surface area contributed by atoms with E-state index in [9.17, 15) is 4.79 Å². The smallest absolute Gasteiger partial charge is 0.261 e. The van der Waals surface area contributed by atoms with Crippen molar-refractivity contribution >= 4 is 27.5 Å². The first-order chi connectivity index (χ1) is 12.8. The monoisotopic (exact) mass is 384 g/mol. The summed E-state index contributed by atoms with van der Waals surface area (Å²) in [7, 11) is 0. The molecule has 3 rings (SSSR count). The number of amides is 1. The lowest BCUT2D eigenvalue weighted by Crippen LogP contribution is -2.37. The second-order valence-corrected chi connectivity index (χ2v) is 8.88. The van der Waals surface area contributed by atoms with E-state index in [1.807, 2.05) is 35.9 Å². The van der Waals surface area contributed by atoms with E-state index in [4.69, 9.17) is 0 Å². The highest BCUT2D eigenvalue weighted by Gasteiger charge is 2.16. The molecule has 5 nitrogen and oxygen atoms in total. The van der Waals surface area contributed by atoms with Crippen LogP contribution in [0.5, 0.6) is 0 Å². The van der Waals surface area contributed by atoms with Gasteiger partial charge in [0, 0.05) is 17.5 Å². The van der Waals surface area contributed by atoms with E-state index in [0.29, 0.717) is 13.1 Å². The molecule has 0 bridgehead atoms. The lowest BCUT2D eigenvalue weighted by Gasteiger charge is -2.20. The molecule has 0 fully saturated rings. The second kappa shape index (κ2) is 8.23. The first-order valence-corrected chi connectivity index (χ1v) is 10.2. The number of nitrogens with one attached hydrogen (secondary N) is 2. The fourth-order valence-electron chi connectivity index (χ4n) is 2.93. The van der Waals surface area contributed by atoms with Crippen molar-refractivity contribution in [2.45, 2.75) is 46.2 Å². The van der Waals surface area contributed by atoms with Gasteiger partial charge in [-0.1, -0.05) is 30.3 Å². The Labute approximate surface area is 164 Å². The minimum atomic E-state index is -0.00220. The van der Waals surface area contributed by atoms with E-state index >= 15 is 0 Å². The van der Waals surface area contributed by atoms with Gasteiger partial charge in [0.1, 0.15) is 4.83 Å². The summed E-state index contributed by atoms with van der Waals surface area (Å²) in [4.78, 5) is 14.3. The Bertz CT molecular complexity index is 906. The lowest BCUT2D eigenvalue weighted by atomic mass is 10.1. The highest BCUT2D eigenvalue weighted by molar-refractivity contribution is 7.20. The summed E-state index contributed by atoms with van der Waals surface area (Å²) in [6.45, 7) is 10.7. The van der Waals surface area contributed by atoms with Gasteiger partial charge in [0.2, 0.25) is 0 Å². The van der Waals surface area contributed by atoms with Crippen molar-refractivity contribution in [3.05, 3.63) is 52.5 Å². The Morgan fingerprint density at radius 3 is 2.63 bits per heavy atom. The molecule has 0 spiro atoms. The minimum absolute atomic E-state index is 0.00220. The number of aryl methyl sites for hydroxylation is 1. The SMILES string of the molecule is Cc1nn(Cc2ccccc2)c2sc(C(=O)NCCCNC(C)(C)C)cc12. The maximum atomic E-state index is 12.5. The van der Waals surface area contributed by atoms with Crippen molar-refractivity contribution in [3.63, 3.8) is 0 Å². The highest BCUT2D eigenvalue weighted by Crippen LogP contribution is 2.28. The van der Waals surface area contributed by atoms with Gasteiger partial charge in [-0.15, -0.1) is 11.3 Å². The van der Waals surface area contributed by atoms with Crippen molar-refractivity contribution < 1.29 is 4.79 Å². The van der Waals surface area contributed by atoms with Gasteiger partial charge >= 0.3 is 0 Å². The van der Waals surface area contributed by atoms with Crippen LogP contribution in [-0.4, -0.2) is 34.3 Å². The van der Waals surface area contributed by atoms with Gasteiger partial charge in [-0.2, -0.15) is 5.10 Å². The number of aromatic nitrogens is 2. The normalized spacial score (nSPS) is 11.9. The Kier molecular flexibility index (Phi) is 5.97. The Morgan fingerprint density at radius 1 is 1.19 bits per heavy atom. The Balaban J connectivity index is 1.64. The molecule has 2 N–H and O–H groups in total. The number of benzene rings is 1. The maximum Gasteiger partial charge on any atom is 0.261 e. The predicted molar refractivity (Wildman–Crippen MR) is 113 cm³/mol. The summed E-state index contributed by atoms with van der Waals surface area (Å²) >= 11 is 1.51. The molecule has 0 unspecified atom stereocenters. The summed E-state index contributed by atoms with van der Waals surface area (Å²) in [5, 5.41) is 12.2. The van der Waals surface area contributed by atoms with Crippen LogP contribution >= 0.6 is 11.3 Å². The van der Waals surface area contributed by atoms with Gasteiger partial charge in [0.05, 0.1) is 17.1 Å². The van der Waals surface area contributed by atoms with Crippen LogP contribution in [0.25, 0.3) is 10.2 Å². The average molecular weight is 385 g/mol. The average Bonchev–Trinajstić information content (AvgIpc) is 3.16. The van der Waals surface area contributed by atoms with Gasteiger partial charge in [-0.25, -0.2) is 0 Å². The standard InChI is InChI=1S/C21H28N4OS/c1-15-17-13-18(19(26)22-11-8-12-23-21(2,3)4)27-20(17)25(24-15)14-16-9-6-5-7-10-16/h5-7,9-10,13,23H,8,11-12,14H2,1-4H3,(H,22,26). The van der Waals surface area contributed by atoms with Crippen molar-refractivity contribution in [3.8, 4) is 0 Å². The van der Waals surface area contributed by atoms with Crippen LogP contribution < -0.4 is 10.6 Å². The fraction of sp³-hybridized carbons (Fsp3) is 0.429. The van der Waals surface area contributed by atoms with Crippen molar-refractivity contribution in [2.75, 3.05) is 13.1 Å². The zero-order valence-corrected chi connectivity index (χ0v) is 17.3. The number of rotatable bonds is 7. The number of carbonyl (C=O) groups is 1. The topological polar surface area (TPSA) is 59.0 Å². The van der Waals surface area contributed by atoms with Crippen LogP contribution in [0, 0.1) is 6.92 Å². The van der Waals surface area contributed by atoms with Crippen LogP contribution in [0.2, 0.25) is 0 Å². The molecule has 0 aliphatic rings. The van der Waals surface area contributed by atoms with Gasteiger partial charge in [-0.05, 0) is 52.3 Å². The summed E-state index contributed by atoms with van der Waals surface area (Å²) in [5.74, 6) is -0.00220. The number of carbonyl (C=O) groups excluding carboxylic acids is 1. The predicted octanol–water partition coefficient (Wildman–Crippen LogP) is 3.96. The molecular weight excluding hydrogens is 356 g/mol. The van der Waals surface area contributed by atoms with Gasteiger partial charge < -0.3 is 10.6 Å². The van der Waals surface area contributed by atoms with Crippen molar-refractivity contribution in [1.82, 2.24) is 20.4 Å². The molecular formula is C21H28N4OS. The Morgan fingerprint density at radius 2 is 1.93 bits per heavy atom. The highest BCUT2D eigenvalue weighted by atomic mass is 32.1. The Hall–Kier alpha value is -2.18. The number of fused-ring (bicyclic) bond motifs is 1. The van der Waals surface area contributed by atoms with Crippen LogP contribution in [0.1, 0.15) is 48.1 Å². The summed E-state index contributed by atoms with van der Waals surface area (Å²) in [6, 6.07) is 12.2. The molecule has 3 aromatic rings. The quantitative estimate of drug-likeness (QED) is 0.606. The zero-order chi connectivity index (χ0) is 19.4. The van der Waals surface area contributed by atoms with E-state index in [2.05, 4.69) is 48.6 Å². The molecule has 0 aliphatic heterocycles. The van der Waals surface area contributed by atoms with Crippen LogP contribution in [0.15, 0.2) is 36.4 Å². The van der Waals surface area contributed by atoms with Gasteiger partial charge in [0.25, 0.3) is 5.91 Å². The van der Waals surface area contributed by atoms with E-state index in [1.54, 1.807) is 0 Å². The number of thiophene rings is 1. The first-order valence-electron chi connectivity index (χ1n) is 9.37. The first kappa shape index (κ1) is 19.6. The molecule has 0 aliphatic carbocycles. The van der Waals surface area contributed by atoms with Gasteiger partial charge in [-0.3, -0.25) is 9.48 Å². The van der Waals surface area contributed by atoms with Crippen LogP contribution in [0.3, 0.4) is 0 Å². The van der Waals surface area contributed by atoms with E-state index in [0.717, 1.165) is 33.8 Å².